The van der Waals surface area contributed by atoms with E-state index in [1.54, 1.807) is 7.11 Å². The molecule has 0 aromatic carbocycles. The molecule has 2 N–H and O–H groups in total. The minimum absolute atomic E-state index is 0.00833. The zero-order chi connectivity index (χ0) is 10.5. The predicted molar refractivity (Wildman–Crippen MR) is 57.8 cm³/mol. The molecule has 1 atom stereocenters. The average Bonchev–Trinajstić information content (AvgIpc) is 2.14. The first-order chi connectivity index (χ1) is 5.89. The van der Waals surface area contributed by atoms with Crippen LogP contribution in [0.4, 0.5) is 0 Å². The fraction of sp³-hybridized carbons (Fsp3) is 1.00. The van der Waals surface area contributed by atoms with Crippen molar-refractivity contribution < 1.29 is 4.74 Å². The molecule has 0 aliphatic carbocycles. The molecule has 0 amide bonds. The lowest BCUT2D eigenvalue weighted by Gasteiger charge is -2.31. The van der Waals surface area contributed by atoms with Gasteiger partial charge in [-0.2, -0.15) is 0 Å². The molecule has 0 rings (SSSR count). The molecular formula is C11H25NO. The Bertz CT molecular complexity index is 139. The summed E-state index contributed by atoms with van der Waals surface area (Å²) in [4.78, 5) is 0. The van der Waals surface area contributed by atoms with Crippen molar-refractivity contribution in [3.05, 3.63) is 0 Å². The Kier molecular flexibility index (Phi) is 4.93. The minimum Gasteiger partial charge on any atom is -0.379 e. The first-order valence-electron chi connectivity index (χ1n) is 5.14. The van der Waals surface area contributed by atoms with Crippen molar-refractivity contribution in [3.63, 3.8) is 0 Å². The predicted octanol–water partition coefficient (Wildman–Crippen LogP) is 2.57. The largest absolute Gasteiger partial charge is 0.379 e. The van der Waals surface area contributed by atoms with Gasteiger partial charge in [-0.3, -0.25) is 0 Å². The summed E-state index contributed by atoms with van der Waals surface area (Å²) in [5.41, 5.74) is 6.03. The van der Waals surface area contributed by atoms with Crippen LogP contribution in [0.1, 0.15) is 47.0 Å². The number of hydrogen-bond acceptors (Lipinski definition) is 2. The van der Waals surface area contributed by atoms with E-state index in [2.05, 4.69) is 27.7 Å². The van der Waals surface area contributed by atoms with E-state index < -0.39 is 0 Å². The van der Waals surface area contributed by atoms with E-state index >= 15 is 0 Å². The quantitative estimate of drug-likeness (QED) is 0.693. The van der Waals surface area contributed by atoms with Gasteiger partial charge >= 0.3 is 0 Å². The standard InChI is InChI=1S/C11H25NO/c1-6-11(4,9-12)8-7-10(2,3)13-5/h6-9,12H2,1-5H3. The Morgan fingerprint density at radius 1 is 1.15 bits per heavy atom. The van der Waals surface area contributed by atoms with E-state index in [0.29, 0.717) is 0 Å². The maximum Gasteiger partial charge on any atom is 0.0623 e. The van der Waals surface area contributed by atoms with Crippen molar-refractivity contribution in [2.75, 3.05) is 13.7 Å². The Hall–Kier alpha value is -0.0800. The van der Waals surface area contributed by atoms with E-state index in [-0.39, 0.29) is 11.0 Å². The third-order valence-corrected chi connectivity index (χ3v) is 3.23. The van der Waals surface area contributed by atoms with Gasteiger partial charge in [0.2, 0.25) is 0 Å². The fourth-order valence-corrected chi connectivity index (χ4v) is 1.13. The van der Waals surface area contributed by atoms with Crippen molar-refractivity contribution in [1.82, 2.24) is 0 Å². The van der Waals surface area contributed by atoms with Crippen LogP contribution < -0.4 is 5.73 Å². The van der Waals surface area contributed by atoms with Gasteiger partial charge in [-0.15, -0.1) is 0 Å². The van der Waals surface area contributed by atoms with Gasteiger partial charge in [0.25, 0.3) is 0 Å². The molecule has 0 aliphatic rings. The Morgan fingerprint density at radius 3 is 2.00 bits per heavy atom. The topological polar surface area (TPSA) is 35.2 Å². The summed E-state index contributed by atoms with van der Waals surface area (Å²) in [7, 11) is 1.77. The SMILES string of the molecule is CCC(C)(CN)CCC(C)(C)OC. The van der Waals surface area contributed by atoms with Gasteiger partial charge in [0.05, 0.1) is 5.60 Å². The minimum atomic E-state index is -0.00833. The molecule has 1 unspecified atom stereocenters. The van der Waals surface area contributed by atoms with Gasteiger partial charge in [0.1, 0.15) is 0 Å². The molecule has 0 aromatic heterocycles. The monoisotopic (exact) mass is 187 g/mol. The molecule has 13 heavy (non-hydrogen) atoms. The van der Waals surface area contributed by atoms with Crippen molar-refractivity contribution in [2.45, 2.75) is 52.6 Å². The lowest BCUT2D eigenvalue weighted by molar-refractivity contribution is 0.00494. The van der Waals surface area contributed by atoms with Gasteiger partial charge in [0, 0.05) is 7.11 Å². The number of nitrogens with two attached hydrogens (primary N) is 1. The highest BCUT2D eigenvalue weighted by atomic mass is 16.5. The van der Waals surface area contributed by atoms with Crippen LogP contribution in [0.15, 0.2) is 0 Å². The molecule has 0 aliphatic heterocycles. The number of methoxy groups -OCH3 is 1. The van der Waals surface area contributed by atoms with E-state index in [1.165, 1.54) is 0 Å². The van der Waals surface area contributed by atoms with Crippen LogP contribution in [0, 0.1) is 5.41 Å². The molecule has 0 bridgehead atoms. The van der Waals surface area contributed by atoms with Crippen LogP contribution in [0.2, 0.25) is 0 Å². The molecule has 2 nitrogen and oxygen atoms in total. The summed E-state index contributed by atoms with van der Waals surface area (Å²) in [6.45, 7) is 9.47. The Balaban J connectivity index is 3.99. The number of hydrogen-bond donors (Lipinski definition) is 1. The smallest absolute Gasteiger partial charge is 0.0623 e. The van der Waals surface area contributed by atoms with E-state index in [0.717, 1.165) is 25.8 Å². The van der Waals surface area contributed by atoms with E-state index in [1.807, 2.05) is 0 Å². The summed E-state index contributed by atoms with van der Waals surface area (Å²) in [6, 6.07) is 0. The second-order valence-electron chi connectivity index (χ2n) is 4.83. The average molecular weight is 187 g/mol. The summed E-state index contributed by atoms with van der Waals surface area (Å²) < 4.78 is 5.38. The third kappa shape index (κ3) is 4.63. The van der Waals surface area contributed by atoms with Crippen LogP contribution in [-0.2, 0) is 4.74 Å². The molecule has 0 aromatic rings. The highest BCUT2D eigenvalue weighted by Gasteiger charge is 2.25. The summed E-state index contributed by atoms with van der Waals surface area (Å²) in [5.74, 6) is 0. The fourth-order valence-electron chi connectivity index (χ4n) is 1.13. The first-order valence-corrected chi connectivity index (χ1v) is 5.14. The Labute approximate surface area is 82.8 Å². The lowest BCUT2D eigenvalue weighted by atomic mass is 9.80. The Morgan fingerprint density at radius 2 is 1.69 bits per heavy atom. The second kappa shape index (κ2) is 4.97. The molecule has 0 saturated carbocycles. The highest BCUT2D eigenvalue weighted by Crippen LogP contribution is 2.29. The molecule has 2 heteroatoms. The van der Waals surface area contributed by atoms with E-state index in [9.17, 15) is 0 Å². The van der Waals surface area contributed by atoms with Gasteiger partial charge in [0.15, 0.2) is 0 Å². The van der Waals surface area contributed by atoms with Crippen molar-refractivity contribution in [3.8, 4) is 0 Å². The van der Waals surface area contributed by atoms with Crippen LogP contribution in [-0.4, -0.2) is 19.3 Å². The van der Waals surface area contributed by atoms with Gasteiger partial charge in [-0.25, -0.2) is 0 Å². The van der Waals surface area contributed by atoms with Crippen molar-refractivity contribution in [2.24, 2.45) is 11.1 Å². The molecular weight excluding hydrogens is 162 g/mol. The summed E-state index contributed by atoms with van der Waals surface area (Å²) >= 11 is 0. The molecule has 0 radical (unpaired) electrons. The van der Waals surface area contributed by atoms with Crippen molar-refractivity contribution >= 4 is 0 Å². The molecule has 0 heterocycles. The van der Waals surface area contributed by atoms with Crippen LogP contribution in [0.25, 0.3) is 0 Å². The molecule has 0 fully saturated rings. The van der Waals surface area contributed by atoms with Gasteiger partial charge in [-0.1, -0.05) is 13.8 Å². The lowest BCUT2D eigenvalue weighted by Crippen LogP contribution is -2.31. The van der Waals surface area contributed by atoms with Crippen molar-refractivity contribution in [1.29, 1.82) is 0 Å². The zero-order valence-electron chi connectivity index (χ0n) is 9.81. The van der Waals surface area contributed by atoms with Gasteiger partial charge < -0.3 is 10.5 Å². The van der Waals surface area contributed by atoms with Gasteiger partial charge in [-0.05, 0) is 45.1 Å². The summed E-state index contributed by atoms with van der Waals surface area (Å²) in [6.07, 6.45) is 3.36. The molecule has 80 valence electrons. The maximum atomic E-state index is 5.75. The number of rotatable bonds is 6. The first kappa shape index (κ1) is 12.9. The highest BCUT2D eigenvalue weighted by molar-refractivity contribution is 4.78. The second-order valence-corrected chi connectivity index (χ2v) is 4.83. The van der Waals surface area contributed by atoms with E-state index in [4.69, 9.17) is 10.5 Å². The summed E-state index contributed by atoms with van der Waals surface area (Å²) in [5, 5.41) is 0. The number of ether oxygens (including phenoxy) is 1. The normalized spacial score (nSPS) is 17.1. The van der Waals surface area contributed by atoms with Crippen LogP contribution in [0.5, 0.6) is 0 Å². The molecule has 0 spiro atoms. The molecule has 0 saturated heterocycles. The van der Waals surface area contributed by atoms with Crippen LogP contribution >= 0.6 is 0 Å². The van der Waals surface area contributed by atoms with Crippen LogP contribution in [0.3, 0.4) is 0 Å². The maximum absolute atomic E-state index is 5.75. The zero-order valence-corrected chi connectivity index (χ0v) is 9.81. The third-order valence-electron chi connectivity index (χ3n) is 3.23.